The van der Waals surface area contributed by atoms with Crippen LogP contribution in [0.1, 0.15) is 20.7 Å². The van der Waals surface area contributed by atoms with Crippen LogP contribution in [0.2, 0.25) is 0 Å². The Labute approximate surface area is 127 Å². The Balaban J connectivity index is 2.22. The van der Waals surface area contributed by atoms with E-state index < -0.39 is 5.97 Å². The van der Waals surface area contributed by atoms with Crippen LogP contribution in [0, 0.1) is 0 Å². The topological polar surface area (TPSA) is 55.4 Å². The van der Waals surface area contributed by atoms with Crippen molar-refractivity contribution in [2.24, 2.45) is 0 Å². The molecule has 21 heavy (non-hydrogen) atoms. The minimum absolute atomic E-state index is 0.207. The summed E-state index contributed by atoms with van der Waals surface area (Å²) in [6.07, 6.45) is 1.92. The lowest BCUT2D eigenvalue weighted by molar-refractivity contribution is 0.0600. The summed E-state index contributed by atoms with van der Waals surface area (Å²) in [7, 11) is 1.32. The Kier molecular flexibility index (Phi) is 5.00. The van der Waals surface area contributed by atoms with Crippen molar-refractivity contribution in [1.82, 2.24) is 0 Å². The maximum atomic E-state index is 12.3. The lowest BCUT2D eigenvalue weighted by Gasteiger charge is -2.09. The van der Waals surface area contributed by atoms with Gasteiger partial charge in [-0.15, -0.1) is 11.8 Å². The molecule has 0 aliphatic carbocycles. The fourth-order valence-corrected chi connectivity index (χ4v) is 2.47. The number of rotatable bonds is 4. The molecule has 1 amide bonds. The van der Waals surface area contributed by atoms with Gasteiger partial charge in [0.25, 0.3) is 5.91 Å². The fourth-order valence-electron chi connectivity index (χ4n) is 1.87. The molecule has 0 saturated carbocycles. The van der Waals surface area contributed by atoms with Crippen LogP contribution in [0.5, 0.6) is 0 Å². The number of thioether (sulfide) groups is 1. The first-order valence-corrected chi connectivity index (χ1v) is 7.51. The summed E-state index contributed by atoms with van der Waals surface area (Å²) < 4.78 is 4.66. The van der Waals surface area contributed by atoms with E-state index in [0.717, 1.165) is 4.90 Å². The molecule has 2 aromatic rings. The number of amides is 1. The summed E-state index contributed by atoms with van der Waals surface area (Å²) in [5.74, 6) is -0.641. The molecule has 0 unspecified atom stereocenters. The lowest BCUT2D eigenvalue weighted by atomic mass is 10.1. The molecular formula is C16H15NO3S. The maximum absolute atomic E-state index is 12.3. The van der Waals surface area contributed by atoms with E-state index in [1.54, 1.807) is 30.3 Å². The monoisotopic (exact) mass is 301 g/mol. The fraction of sp³-hybridized carbons (Fsp3) is 0.125. The highest BCUT2D eigenvalue weighted by Crippen LogP contribution is 2.21. The van der Waals surface area contributed by atoms with Crippen molar-refractivity contribution in [2.75, 3.05) is 18.7 Å². The predicted octanol–water partition coefficient (Wildman–Crippen LogP) is 3.45. The number of hydrogen-bond acceptors (Lipinski definition) is 4. The van der Waals surface area contributed by atoms with E-state index in [0.29, 0.717) is 16.8 Å². The first kappa shape index (κ1) is 15.1. The number of carbonyl (C=O) groups is 2. The molecule has 1 N–H and O–H groups in total. The average Bonchev–Trinajstić information content (AvgIpc) is 2.54. The number of esters is 1. The van der Waals surface area contributed by atoms with Gasteiger partial charge in [0, 0.05) is 10.6 Å². The molecule has 0 aromatic heterocycles. The molecule has 0 atom stereocenters. The van der Waals surface area contributed by atoms with Crippen molar-refractivity contribution in [1.29, 1.82) is 0 Å². The summed E-state index contributed by atoms with van der Waals surface area (Å²) >= 11 is 1.51. The highest BCUT2D eigenvalue weighted by molar-refractivity contribution is 7.98. The minimum atomic E-state index is -0.435. The summed E-state index contributed by atoms with van der Waals surface area (Å²) in [6, 6.07) is 14.0. The highest BCUT2D eigenvalue weighted by Gasteiger charge is 2.12. The average molecular weight is 301 g/mol. The number of anilines is 1. The van der Waals surface area contributed by atoms with E-state index in [-0.39, 0.29) is 5.91 Å². The SMILES string of the molecule is COC(=O)c1cccc(NC(=O)c2ccccc2SC)c1. The number of carbonyl (C=O) groups excluding carboxylic acids is 2. The molecule has 0 saturated heterocycles. The van der Waals surface area contributed by atoms with Gasteiger partial charge in [-0.1, -0.05) is 18.2 Å². The molecule has 0 fully saturated rings. The van der Waals surface area contributed by atoms with Crippen LogP contribution in [-0.2, 0) is 4.74 Å². The van der Waals surface area contributed by atoms with Gasteiger partial charge in [0.1, 0.15) is 0 Å². The van der Waals surface area contributed by atoms with Crippen molar-refractivity contribution in [2.45, 2.75) is 4.90 Å². The van der Waals surface area contributed by atoms with Gasteiger partial charge < -0.3 is 10.1 Å². The molecule has 0 aliphatic rings. The molecule has 0 spiro atoms. The van der Waals surface area contributed by atoms with Crippen LogP contribution in [0.15, 0.2) is 53.4 Å². The van der Waals surface area contributed by atoms with Crippen LogP contribution in [0.3, 0.4) is 0 Å². The second kappa shape index (κ2) is 6.95. The molecule has 0 aliphatic heterocycles. The van der Waals surface area contributed by atoms with Gasteiger partial charge in [-0.2, -0.15) is 0 Å². The largest absolute Gasteiger partial charge is 0.465 e. The van der Waals surface area contributed by atoms with Crippen LogP contribution in [0.25, 0.3) is 0 Å². The molecule has 5 heteroatoms. The Morgan fingerprint density at radius 1 is 1.10 bits per heavy atom. The number of nitrogens with one attached hydrogen (secondary N) is 1. The van der Waals surface area contributed by atoms with E-state index in [1.165, 1.54) is 18.9 Å². The lowest BCUT2D eigenvalue weighted by Crippen LogP contribution is -2.13. The quantitative estimate of drug-likeness (QED) is 0.694. The molecule has 0 heterocycles. The second-order valence-electron chi connectivity index (χ2n) is 4.23. The Morgan fingerprint density at radius 2 is 1.86 bits per heavy atom. The van der Waals surface area contributed by atoms with E-state index in [4.69, 9.17) is 0 Å². The molecule has 0 bridgehead atoms. The summed E-state index contributed by atoms with van der Waals surface area (Å²) in [5, 5.41) is 2.79. The maximum Gasteiger partial charge on any atom is 0.337 e. The van der Waals surface area contributed by atoms with Gasteiger partial charge in [0.05, 0.1) is 18.2 Å². The van der Waals surface area contributed by atoms with Gasteiger partial charge in [-0.25, -0.2) is 4.79 Å². The van der Waals surface area contributed by atoms with Gasteiger partial charge in [0.15, 0.2) is 0 Å². The van der Waals surface area contributed by atoms with E-state index in [9.17, 15) is 9.59 Å². The molecule has 4 nitrogen and oxygen atoms in total. The normalized spacial score (nSPS) is 10.0. The van der Waals surface area contributed by atoms with Crippen molar-refractivity contribution >= 4 is 29.3 Å². The van der Waals surface area contributed by atoms with Crippen molar-refractivity contribution in [3.05, 3.63) is 59.7 Å². The van der Waals surface area contributed by atoms with Crippen molar-refractivity contribution < 1.29 is 14.3 Å². The van der Waals surface area contributed by atoms with Crippen LogP contribution in [0.4, 0.5) is 5.69 Å². The standard InChI is InChI=1S/C16H15NO3S/c1-20-16(19)11-6-5-7-12(10-11)17-15(18)13-8-3-4-9-14(13)21-2/h3-10H,1-2H3,(H,17,18). The Bertz CT molecular complexity index is 670. The summed E-state index contributed by atoms with van der Waals surface area (Å²) in [4.78, 5) is 24.7. The van der Waals surface area contributed by atoms with Gasteiger partial charge in [-0.05, 0) is 36.6 Å². The Morgan fingerprint density at radius 3 is 2.57 bits per heavy atom. The highest BCUT2D eigenvalue weighted by atomic mass is 32.2. The van der Waals surface area contributed by atoms with Crippen LogP contribution >= 0.6 is 11.8 Å². The smallest absolute Gasteiger partial charge is 0.337 e. The zero-order chi connectivity index (χ0) is 15.2. The molecule has 2 rings (SSSR count). The third-order valence-corrected chi connectivity index (χ3v) is 3.69. The van der Waals surface area contributed by atoms with Gasteiger partial charge in [0.2, 0.25) is 0 Å². The van der Waals surface area contributed by atoms with E-state index in [1.807, 2.05) is 24.5 Å². The summed E-state index contributed by atoms with van der Waals surface area (Å²) in [6.45, 7) is 0. The first-order valence-electron chi connectivity index (χ1n) is 6.28. The number of ether oxygens (including phenoxy) is 1. The summed E-state index contributed by atoms with van der Waals surface area (Å²) in [5.41, 5.74) is 1.56. The van der Waals surface area contributed by atoms with Crippen LogP contribution in [-0.4, -0.2) is 25.2 Å². The predicted molar refractivity (Wildman–Crippen MR) is 84.0 cm³/mol. The zero-order valence-electron chi connectivity index (χ0n) is 11.8. The molecule has 2 aromatic carbocycles. The molecule has 108 valence electrons. The second-order valence-corrected chi connectivity index (χ2v) is 5.07. The molecular weight excluding hydrogens is 286 g/mol. The minimum Gasteiger partial charge on any atom is -0.465 e. The molecule has 0 radical (unpaired) electrons. The number of benzene rings is 2. The van der Waals surface area contributed by atoms with Gasteiger partial charge >= 0.3 is 5.97 Å². The van der Waals surface area contributed by atoms with Crippen molar-refractivity contribution in [3.8, 4) is 0 Å². The zero-order valence-corrected chi connectivity index (χ0v) is 12.6. The van der Waals surface area contributed by atoms with Crippen molar-refractivity contribution in [3.63, 3.8) is 0 Å². The Hall–Kier alpha value is -2.27. The van der Waals surface area contributed by atoms with E-state index >= 15 is 0 Å². The third kappa shape index (κ3) is 3.64. The van der Waals surface area contributed by atoms with Crippen LogP contribution < -0.4 is 5.32 Å². The third-order valence-electron chi connectivity index (χ3n) is 2.89. The van der Waals surface area contributed by atoms with Gasteiger partial charge in [-0.3, -0.25) is 4.79 Å². The number of hydrogen-bond donors (Lipinski definition) is 1. The first-order chi connectivity index (χ1) is 10.2. The number of methoxy groups -OCH3 is 1. The van der Waals surface area contributed by atoms with E-state index in [2.05, 4.69) is 10.1 Å².